The van der Waals surface area contributed by atoms with Crippen LogP contribution in [0.25, 0.3) is 6.08 Å². The van der Waals surface area contributed by atoms with E-state index in [1.54, 1.807) is 24.8 Å². The van der Waals surface area contributed by atoms with Crippen molar-refractivity contribution in [2.45, 2.75) is 18.4 Å². The zero-order chi connectivity index (χ0) is 19.4. The molecule has 0 fully saturated rings. The Labute approximate surface area is 162 Å². The normalized spacial score (nSPS) is 16.0. The summed E-state index contributed by atoms with van der Waals surface area (Å²) in [5, 5.41) is 9.46. The number of thioether (sulfide) groups is 1. The van der Waals surface area contributed by atoms with Crippen molar-refractivity contribution >= 4 is 29.7 Å². The molecule has 0 radical (unpaired) electrons. The van der Waals surface area contributed by atoms with Gasteiger partial charge >= 0.3 is 0 Å². The van der Waals surface area contributed by atoms with Crippen LogP contribution in [-0.2, 0) is 16.1 Å². The van der Waals surface area contributed by atoms with Crippen LogP contribution < -0.4 is 0 Å². The van der Waals surface area contributed by atoms with Gasteiger partial charge in [-0.2, -0.15) is 5.26 Å². The average Bonchev–Trinajstić information content (AvgIpc) is 2.70. The van der Waals surface area contributed by atoms with E-state index in [1.165, 1.54) is 0 Å². The molecule has 0 N–H and O–H groups in total. The van der Waals surface area contributed by atoms with Gasteiger partial charge in [-0.15, -0.1) is 11.8 Å². The van der Waals surface area contributed by atoms with Crippen LogP contribution in [0.1, 0.15) is 18.1 Å². The molecule has 1 aliphatic heterocycles. The Kier molecular flexibility index (Phi) is 5.58. The molecule has 3 rings (SSSR count). The largest absolute Gasteiger partial charge is 0.271 e. The summed E-state index contributed by atoms with van der Waals surface area (Å²) < 4.78 is 0. The van der Waals surface area contributed by atoms with Crippen molar-refractivity contribution in [2.75, 3.05) is 6.26 Å². The maximum absolute atomic E-state index is 13.0. The molecule has 1 aliphatic rings. The minimum atomic E-state index is -0.543. The van der Waals surface area contributed by atoms with Gasteiger partial charge in [0.1, 0.15) is 11.6 Å². The lowest BCUT2D eigenvalue weighted by Gasteiger charge is -2.27. The molecule has 134 valence electrons. The van der Waals surface area contributed by atoms with Gasteiger partial charge < -0.3 is 0 Å². The first-order chi connectivity index (χ1) is 13.0. The van der Waals surface area contributed by atoms with Crippen LogP contribution in [-0.4, -0.2) is 23.0 Å². The van der Waals surface area contributed by atoms with E-state index in [0.717, 1.165) is 20.9 Å². The number of nitriles is 1. The standard InChI is InChI=1S/C22H18N2O2S/c1-15-19(12-16-8-10-18(27-2)11-9-16)21(25)24(22(26)20(15)13-23)14-17-6-4-3-5-7-17/h3-12H,14H2,1-2H3/b19-12+. The lowest BCUT2D eigenvalue weighted by molar-refractivity contribution is -0.141. The molecule has 0 atom stereocenters. The number of nitrogens with zero attached hydrogens (tertiary/aromatic N) is 2. The van der Waals surface area contributed by atoms with E-state index in [2.05, 4.69) is 0 Å². The van der Waals surface area contributed by atoms with Gasteiger partial charge in [0.2, 0.25) is 0 Å². The second kappa shape index (κ2) is 8.07. The molecule has 2 aromatic carbocycles. The Morgan fingerprint density at radius 2 is 1.70 bits per heavy atom. The molecule has 27 heavy (non-hydrogen) atoms. The minimum absolute atomic E-state index is 0.0116. The molecular weight excluding hydrogens is 356 g/mol. The van der Waals surface area contributed by atoms with E-state index in [0.29, 0.717) is 11.1 Å². The fourth-order valence-electron chi connectivity index (χ4n) is 2.91. The summed E-state index contributed by atoms with van der Waals surface area (Å²) in [4.78, 5) is 28.0. The lowest BCUT2D eigenvalue weighted by Crippen LogP contribution is -2.42. The Bertz CT molecular complexity index is 983. The molecule has 5 heteroatoms. The van der Waals surface area contributed by atoms with Crippen molar-refractivity contribution in [3.63, 3.8) is 0 Å². The van der Waals surface area contributed by atoms with E-state index in [-0.39, 0.29) is 18.0 Å². The van der Waals surface area contributed by atoms with Crippen molar-refractivity contribution in [1.82, 2.24) is 4.90 Å². The van der Waals surface area contributed by atoms with Gasteiger partial charge in [-0.3, -0.25) is 14.5 Å². The van der Waals surface area contributed by atoms with Gasteiger partial charge in [0.25, 0.3) is 11.8 Å². The Morgan fingerprint density at radius 3 is 2.30 bits per heavy atom. The van der Waals surface area contributed by atoms with Crippen LogP contribution in [0.5, 0.6) is 0 Å². The highest BCUT2D eigenvalue weighted by Crippen LogP contribution is 2.28. The molecule has 0 saturated carbocycles. The van der Waals surface area contributed by atoms with Gasteiger partial charge in [0, 0.05) is 10.5 Å². The zero-order valence-electron chi connectivity index (χ0n) is 15.1. The van der Waals surface area contributed by atoms with E-state index < -0.39 is 5.91 Å². The summed E-state index contributed by atoms with van der Waals surface area (Å²) in [6, 6.07) is 19.0. The predicted molar refractivity (Wildman–Crippen MR) is 107 cm³/mol. The summed E-state index contributed by atoms with van der Waals surface area (Å²) in [7, 11) is 0. The minimum Gasteiger partial charge on any atom is -0.269 e. The molecule has 1 heterocycles. The highest BCUT2D eigenvalue weighted by Gasteiger charge is 2.35. The van der Waals surface area contributed by atoms with Crippen LogP contribution in [0.15, 0.2) is 76.2 Å². The van der Waals surface area contributed by atoms with Crippen LogP contribution >= 0.6 is 11.8 Å². The first-order valence-corrected chi connectivity index (χ1v) is 9.65. The summed E-state index contributed by atoms with van der Waals surface area (Å²) in [6.45, 7) is 1.79. The van der Waals surface area contributed by atoms with E-state index in [1.807, 2.05) is 66.9 Å². The van der Waals surface area contributed by atoms with Crippen molar-refractivity contribution in [1.29, 1.82) is 5.26 Å². The molecule has 0 bridgehead atoms. The van der Waals surface area contributed by atoms with Gasteiger partial charge in [0.05, 0.1) is 6.54 Å². The molecular formula is C22H18N2O2S. The lowest BCUT2D eigenvalue weighted by atomic mass is 9.93. The first kappa shape index (κ1) is 18.7. The number of amides is 2. The molecule has 0 unspecified atom stereocenters. The number of benzene rings is 2. The van der Waals surface area contributed by atoms with E-state index >= 15 is 0 Å². The maximum Gasteiger partial charge on any atom is 0.271 e. The summed E-state index contributed by atoms with van der Waals surface area (Å²) in [5.74, 6) is -0.923. The predicted octanol–water partition coefficient (Wildman–Crippen LogP) is 4.20. The fraction of sp³-hybridized carbons (Fsp3) is 0.136. The zero-order valence-corrected chi connectivity index (χ0v) is 15.9. The highest BCUT2D eigenvalue weighted by molar-refractivity contribution is 7.98. The number of hydrogen-bond donors (Lipinski definition) is 0. The van der Waals surface area contributed by atoms with Crippen molar-refractivity contribution < 1.29 is 9.59 Å². The van der Waals surface area contributed by atoms with Gasteiger partial charge in [0.15, 0.2) is 0 Å². The first-order valence-electron chi connectivity index (χ1n) is 8.42. The van der Waals surface area contributed by atoms with Crippen LogP contribution in [0.3, 0.4) is 0 Å². The SMILES string of the molecule is CSc1ccc(/C=C2/C(=O)N(Cc3ccccc3)C(=O)C(C#N)=C2C)cc1. The molecule has 2 aromatic rings. The topological polar surface area (TPSA) is 61.2 Å². The second-order valence-corrected chi connectivity index (χ2v) is 7.00. The summed E-state index contributed by atoms with van der Waals surface area (Å²) in [5.41, 5.74) is 2.49. The Balaban J connectivity index is 2.02. The monoisotopic (exact) mass is 374 g/mol. The molecule has 4 nitrogen and oxygen atoms in total. The Hall–Kier alpha value is -3.10. The van der Waals surface area contributed by atoms with Crippen LogP contribution in [0.2, 0.25) is 0 Å². The highest BCUT2D eigenvalue weighted by atomic mass is 32.2. The van der Waals surface area contributed by atoms with E-state index in [4.69, 9.17) is 0 Å². The third kappa shape index (κ3) is 3.86. The fourth-order valence-corrected chi connectivity index (χ4v) is 3.31. The van der Waals surface area contributed by atoms with Gasteiger partial charge in [-0.1, -0.05) is 42.5 Å². The third-order valence-electron chi connectivity index (χ3n) is 4.44. The number of rotatable bonds is 4. The van der Waals surface area contributed by atoms with Gasteiger partial charge in [-0.05, 0) is 48.1 Å². The van der Waals surface area contributed by atoms with Crippen molar-refractivity contribution in [2.24, 2.45) is 0 Å². The number of carbonyl (C=O) groups excluding carboxylic acids is 2. The van der Waals surface area contributed by atoms with Crippen molar-refractivity contribution in [3.8, 4) is 6.07 Å². The van der Waals surface area contributed by atoms with Crippen LogP contribution in [0, 0.1) is 11.3 Å². The molecule has 0 aliphatic carbocycles. The van der Waals surface area contributed by atoms with Crippen LogP contribution in [0.4, 0.5) is 0 Å². The van der Waals surface area contributed by atoms with Crippen molar-refractivity contribution in [3.05, 3.63) is 82.4 Å². The molecule has 0 spiro atoms. The molecule has 2 amide bonds. The quantitative estimate of drug-likeness (QED) is 0.457. The summed E-state index contributed by atoms with van der Waals surface area (Å²) in [6.07, 6.45) is 3.74. The van der Waals surface area contributed by atoms with Gasteiger partial charge in [-0.25, -0.2) is 0 Å². The third-order valence-corrected chi connectivity index (χ3v) is 5.18. The summed E-state index contributed by atoms with van der Waals surface area (Å²) >= 11 is 1.64. The molecule has 0 saturated heterocycles. The number of imide groups is 1. The van der Waals surface area contributed by atoms with E-state index in [9.17, 15) is 14.9 Å². The molecule has 0 aromatic heterocycles. The number of carbonyl (C=O) groups is 2. The smallest absolute Gasteiger partial charge is 0.269 e. The number of hydrogen-bond acceptors (Lipinski definition) is 4. The average molecular weight is 374 g/mol. The maximum atomic E-state index is 13.0. The second-order valence-electron chi connectivity index (χ2n) is 6.13. The Morgan fingerprint density at radius 1 is 1.04 bits per heavy atom.